The second-order valence-electron chi connectivity index (χ2n) is 9.09. The van der Waals surface area contributed by atoms with Crippen molar-refractivity contribution in [2.24, 2.45) is 23.2 Å². The number of nitrogens with one attached hydrogen (secondary N) is 1. The predicted octanol–water partition coefficient (Wildman–Crippen LogP) is 4.44. The van der Waals surface area contributed by atoms with E-state index in [0.29, 0.717) is 5.41 Å². The zero-order valence-corrected chi connectivity index (χ0v) is 15.6. The Morgan fingerprint density at radius 2 is 1.65 bits per heavy atom. The Morgan fingerprint density at radius 1 is 1.15 bits per heavy atom. The average Bonchev–Trinajstić information content (AvgIpc) is 2.55. The maximum absolute atomic E-state index is 13.8. The number of hydrogen-bond acceptors (Lipinski definition) is 2. The topological polar surface area (TPSA) is 32.3 Å². The van der Waals surface area contributed by atoms with Gasteiger partial charge >= 0.3 is 0 Å². The summed E-state index contributed by atoms with van der Waals surface area (Å²) in [7, 11) is 1.96. The summed E-state index contributed by atoms with van der Waals surface area (Å²) in [5, 5.41) is 2.44. The van der Waals surface area contributed by atoms with E-state index in [9.17, 15) is 13.6 Å². The number of anilines is 1. The molecule has 0 heterocycles. The van der Waals surface area contributed by atoms with E-state index in [0.717, 1.165) is 36.4 Å². The number of likely N-dealkylation sites (N-methyl/N-ethyl adjacent to an activating group) is 1. The highest BCUT2D eigenvalue weighted by molar-refractivity contribution is 5.94. The lowest BCUT2D eigenvalue weighted by molar-refractivity contribution is -0.122. The molecule has 4 aliphatic carbocycles. The van der Waals surface area contributed by atoms with Crippen LogP contribution in [0.4, 0.5) is 14.5 Å². The van der Waals surface area contributed by atoms with Crippen LogP contribution in [0.2, 0.25) is 0 Å². The first-order valence-electron chi connectivity index (χ1n) is 9.80. The number of carbonyl (C=O) groups is 1. The van der Waals surface area contributed by atoms with Gasteiger partial charge in [-0.1, -0.05) is 6.07 Å². The second kappa shape index (κ2) is 6.59. The molecule has 0 radical (unpaired) electrons. The van der Waals surface area contributed by atoms with Crippen LogP contribution in [0.15, 0.2) is 18.2 Å². The fraction of sp³-hybridized carbons (Fsp3) is 0.667. The number of amides is 1. The molecule has 142 valence electrons. The summed E-state index contributed by atoms with van der Waals surface area (Å²) in [6.45, 7) is 2.71. The average molecular weight is 362 g/mol. The van der Waals surface area contributed by atoms with Crippen LogP contribution < -0.4 is 5.32 Å². The van der Waals surface area contributed by atoms with E-state index in [1.165, 1.54) is 44.6 Å². The predicted molar refractivity (Wildman–Crippen MR) is 97.7 cm³/mol. The molecule has 4 bridgehead atoms. The van der Waals surface area contributed by atoms with Crippen molar-refractivity contribution in [1.29, 1.82) is 0 Å². The summed E-state index contributed by atoms with van der Waals surface area (Å²) in [6, 6.07) is 3.18. The van der Waals surface area contributed by atoms with E-state index in [1.807, 2.05) is 14.0 Å². The van der Waals surface area contributed by atoms with Crippen molar-refractivity contribution in [3.63, 3.8) is 0 Å². The maximum Gasteiger partial charge on any atom is 0.241 e. The third-order valence-electron chi connectivity index (χ3n) is 7.00. The Morgan fingerprint density at radius 3 is 2.15 bits per heavy atom. The zero-order valence-electron chi connectivity index (χ0n) is 15.6. The fourth-order valence-electron chi connectivity index (χ4n) is 6.19. The molecule has 1 amide bonds. The minimum atomic E-state index is -0.741. The van der Waals surface area contributed by atoms with Gasteiger partial charge < -0.3 is 5.32 Å². The summed E-state index contributed by atoms with van der Waals surface area (Å²) in [5.41, 5.74) is -0.0195. The Kier molecular flexibility index (Phi) is 4.54. The number of nitrogens with zero attached hydrogens (tertiary/aromatic N) is 1. The second-order valence-corrected chi connectivity index (χ2v) is 9.09. The quantitative estimate of drug-likeness (QED) is 0.840. The van der Waals surface area contributed by atoms with E-state index in [1.54, 1.807) is 0 Å². The van der Waals surface area contributed by atoms with Gasteiger partial charge in [0.05, 0.1) is 6.04 Å². The van der Waals surface area contributed by atoms with Crippen molar-refractivity contribution < 1.29 is 13.6 Å². The summed E-state index contributed by atoms with van der Waals surface area (Å²) < 4.78 is 27.6. The molecule has 0 saturated heterocycles. The van der Waals surface area contributed by atoms with Gasteiger partial charge in [-0.05, 0) is 87.8 Å². The molecule has 1 aromatic carbocycles. The first kappa shape index (κ1) is 17.9. The van der Waals surface area contributed by atoms with Crippen LogP contribution in [-0.4, -0.2) is 30.4 Å². The lowest BCUT2D eigenvalue weighted by Gasteiger charge is -2.58. The monoisotopic (exact) mass is 362 g/mol. The lowest BCUT2D eigenvalue weighted by Crippen LogP contribution is -2.53. The molecule has 4 aliphatic rings. The van der Waals surface area contributed by atoms with Gasteiger partial charge in [0.1, 0.15) is 17.3 Å². The first-order valence-corrected chi connectivity index (χ1v) is 9.80. The summed E-state index contributed by atoms with van der Waals surface area (Å²) in [4.78, 5) is 14.6. The van der Waals surface area contributed by atoms with Gasteiger partial charge in [0.2, 0.25) is 5.91 Å². The molecule has 4 fully saturated rings. The van der Waals surface area contributed by atoms with Crippen LogP contribution in [-0.2, 0) is 4.79 Å². The number of carbonyl (C=O) groups excluding carboxylic acids is 1. The minimum Gasteiger partial charge on any atom is -0.320 e. The Bertz CT molecular complexity index is 650. The lowest BCUT2D eigenvalue weighted by atomic mass is 9.49. The van der Waals surface area contributed by atoms with Gasteiger partial charge in [-0.3, -0.25) is 9.69 Å². The molecular weight excluding hydrogens is 334 g/mol. The molecule has 1 N–H and O–H groups in total. The van der Waals surface area contributed by atoms with Crippen molar-refractivity contribution in [1.82, 2.24) is 4.90 Å². The summed E-state index contributed by atoms with van der Waals surface area (Å²) >= 11 is 0. The highest BCUT2D eigenvalue weighted by Gasteiger charge is 2.51. The molecule has 1 aromatic rings. The number of rotatable bonds is 5. The summed E-state index contributed by atoms with van der Waals surface area (Å²) in [6.07, 6.45) is 8.02. The van der Waals surface area contributed by atoms with E-state index >= 15 is 0 Å². The Hall–Kier alpha value is -1.49. The SMILES string of the molecule is CC(C(=O)Nc1c(F)cccc1F)N(C)CC12CC3CC(CC(C3)C1)C2. The molecule has 26 heavy (non-hydrogen) atoms. The van der Waals surface area contributed by atoms with Gasteiger partial charge in [-0.25, -0.2) is 8.78 Å². The third-order valence-corrected chi connectivity index (χ3v) is 7.00. The highest BCUT2D eigenvalue weighted by Crippen LogP contribution is 2.60. The molecule has 1 atom stereocenters. The Labute approximate surface area is 154 Å². The molecular formula is C21H28F2N2O. The fourth-order valence-corrected chi connectivity index (χ4v) is 6.19. The van der Waals surface area contributed by atoms with Crippen LogP contribution in [0.25, 0.3) is 0 Å². The third kappa shape index (κ3) is 3.26. The molecule has 0 spiro atoms. The van der Waals surface area contributed by atoms with E-state index in [2.05, 4.69) is 10.2 Å². The molecule has 1 unspecified atom stereocenters. The largest absolute Gasteiger partial charge is 0.320 e. The van der Waals surface area contributed by atoms with Crippen LogP contribution >= 0.6 is 0 Å². The van der Waals surface area contributed by atoms with Gasteiger partial charge in [-0.2, -0.15) is 0 Å². The van der Waals surface area contributed by atoms with Crippen LogP contribution in [0.1, 0.15) is 45.4 Å². The van der Waals surface area contributed by atoms with Crippen molar-refractivity contribution in [3.8, 4) is 0 Å². The molecule has 4 saturated carbocycles. The first-order chi connectivity index (χ1) is 12.3. The van der Waals surface area contributed by atoms with Gasteiger partial charge in [-0.15, -0.1) is 0 Å². The number of hydrogen-bond donors (Lipinski definition) is 1. The minimum absolute atomic E-state index is 0.335. The van der Waals surface area contributed by atoms with Crippen LogP contribution in [0, 0.1) is 34.8 Å². The molecule has 3 nitrogen and oxygen atoms in total. The van der Waals surface area contributed by atoms with Crippen molar-refractivity contribution in [2.75, 3.05) is 18.9 Å². The standard InChI is InChI=1S/C21H28F2N2O/c1-13(20(26)24-19-17(22)4-3-5-18(19)23)25(2)12-21-9-14-6-15(10-21)8-16(7-14)11-21/h3-5,13-16H,6-12H2,1-2H3,(H,24,26). The summed E-state index contributed by atoms with van der Waals surface area (Å²) in [5.74, 6) is 0.758. The highest BCUT2D eigenvalue weighted by atomic mass is 19.1. The normalized spacial score (nSPS) is 33.5. The number of para-hydroxylation sites is 1. The van der Waals surface area contributed by atoms with Crippen LogP contribution in [0.3, 0.4) is 0 Å². The molecule has 5 rings (SSSR count). The van der Waals surface area contributed by atoms with E-state index < -0.39 is 17.7 Å². The van der Waals surface area contributed by atoms with Gasteiger partial charge in [0.15, 0.2) is 0 Å². The Balaban J connectivity index is 1.41. The smallest absolute Gasteiger partial charge is 0.241 e. The van der Waals surface area contributed by atoms with Crippen LogP contribution in [0.5, 0.6) is 0 Å². The van der Waals surface area contributed by atoms with Crippen molar-refractivity contribution >= 4 is 11.6 Å². The molecule has 0 aliphatic heterocycles. The number of halogens is 2. The van der Waals surface area contributed by atoms with Gasteiger partial charge in [0.25, 0.3) is 0 Å². The van der Waals surface area contributed by atoms with E-state index in [-0.39, 0.29) is 11.6 Å². The van der Waals surface area contributed by atoms with E-state index in [4.69, 9.17) is 0 Å². The zero-order chi connectivity index (χ0) is 18.5. The molecule has 5 heteroatoms. The number of benzene rings is 1. The molecule has 0 aromatic heterocycles. The maximum atomic E-state index is 13.8. The van der Waals surface area contributed by atoms with Crippen molar-refractivity contribution in [2.45, 2.75) is 51.5 Å². The van der Waals surface area contributed by atoms with Gasteiger partial charge in [0, 0.05) is 6.54 Å². The van der Waals surface area contributed by atoms with Crippen molar-refractivity contribution in [3.05, 3.63) is 29.8 Å².